The molecule has 2 aromatic rings. The van der Waals surface area contributed by atoms with Crippen molar-refractivity contribution in [1.82, 2.24) is 14.4 Å². The summed E-state index contributed by atoms with van der Waals surface area (Å²) in [5, 5.41) is 2.70. The van der Waals surface area contributed by atoms with Gasteiger partial charge < -0.3 is 19.7 Å². The average Bonchev–Trinajstić information content (AvgIpc) is 2.70. The Balaban J connectivity index is 1.54. The van der Waals surface area contributed by atoms with Gasteiger partial charge in [-0.3, -0.25) is 14.4 Å². The van der Waals surface area contributed by atoms with Gasteiger partial charge in [0.2, 0.25) is 5.91 Å². The first-order valence-corrected chi connectivity index (χ1v) is 10.0. The van der Waals surface area contributed by atoms with Crippen molar-refractivity contribution in [1.29, 1.82) is 0 Å². The molecule has 0 radical (unpaired) electrons. The third-order valence-electron chi connectivity index (χ3n) is 5.72. The zero-order valence-electron chi connectivity index (χ0n) is 17.1. The summed E-state index contributed by atoms with van der Waals surface area (Å²) in [6, 6.07) is 9.12. The molecular weight excluding hydrogens is 387 g/mol. The van der Waals surface area contributed by atoms with Crippen LogP contribution in [0.1, 0.15) is 28.4 Å². The van der Waals surface area contributed by atoms with Gasteiger partial charge in [0.25, 0.3) is 11.5 Å². The number of rotatable bonds is 4. The van der Waals surface area contributed by atoms with Crippen LogP contribution in [0.15, 0.2) is 41.2 Å². The smallest absolute Gasteiger partial charge is 0.274 e. The molecular formula is C22H25FN4O3. The third kappa shape index (κ3) is 4.00. The largest absolute Gasteiger partial charge is 0.338 e. The molecule has 1 N–H and O–H groups in total. The number of likely N-dealkylation sites (N-methyl/N-ethyl adjacent to an activating group) is 1. The monoisotopic (exact) mass is 412 g/mol. The van der Waals surface area contributed by atoms with Gasteiger partial charge in [-0.15, -0.1) is 0 Å². The van der Waals surface area contributed by atoms with Gasteiger partial charge in [0, 0.05) is 36.8 Å². The number of nitrogens with one attached hydrogen (secondary N) is 1. The van der Waals surface area contributed by atoms with E-state index in [0.717, 1.165) is 12.1 Å². The van der Waals surface area contributed by atoms with Crippen molar-refractivity contribution in [3.63, 3.8) is 0 Å². The molecule has 2 amide bonds. The Hall–Kier alpha value is -3.00. The average molecular weight is 412 g/mol. The van der Waals surface area contributed by atoms with Gasteiger partial charge in [-0.25, -0.2) is 4.39 Å². The van der Waals surface area contributed by atoms with E-state index < -0.39 is 0 Å². The lowest BCUT2D eigenvalue weighted by molar-refractivity contribution is -0.116. The number of likely N-dealkylation sites (tertiary alicyclic amines) is 1. The van der Waals surface area contributed by atoms with Crippen LogP contribution in [0.5, 0.6) is 0 Å². The minimum absolute atomic E-state index is 0.0566. The van der Waals surface area contributed by atoms with Gasteiger partial charge in [-0.1, -0.05) is 0 Å². The quantitative estimate of drug-likeness (QED) is 0.830. The van der Waals surface area contributed by atoms with Crippen LogP contribution >= 0.6 is 0 Å². The third-order valence-corrected chi connectivity index (χ3v) is 5.72. The standard InChI is InChI=1S/C22H25FN4O3/c1-25(2)13-20(28)24-18-7-8-19-16-9-14(11-27(19)22(18)30)10-26(12-16)21(29)15-3-5-17(23)6-4-15/h3-8,14,16H,9-13H2,1-2H3,(H,24,28)/t14-,16+/m0/s1. The molecule has 3 heterocycles. The number of carbonyl (C=O) groups is 2. The van der Waals surface area contributed by atoms with Crippen molar-refractivity contribution in [2.75, 3.05) is 39.0 Å². The van der Waals surface area contributed by atoms with Crippen molar-refractivity contribution >= 4 is 17.5 Å². The maximum absolute atomic E-state index is 13.2. The number of fused-ring (bicyclic) bond motifs is 4. The van der Waals surface area contributed by atoms with Crippen molar-refractivity contribution < 1.29 is 14.0 Å². The van der Waals surface area contributed by atoms with E-state index in [9.17, 15) is 18.8 Å². The minimum Gasteiger partial charge on any atom is -0.338 e. The van der Waals surface area contributed by atoms with Crippen molar-refractivity contribution in [2.45, 2.75) is 18.9 Å². The van der Waals surface area contributed by atoms with Gasteiger partial charge in [0.1, 0.15) is 11.5 Å². The summed E-state index contributed by atoms with van der Waals surface area (Å²) in [6.45, 7) is 1.77. The first kappa shape index (κ1) is 20.3. The molecule has 2 bridgehead atoms. The highest BCUT2D eigenvalue weighted by atomic mass is 19.1. The number of aromatic nitrogens is 1. The Kier molecular flexibility index (Phi) is 5.42. The van der Waals surface area contributed by atoms with Crippen LogP contribution in [0.4, 0.5) is 10.1 Å². The minimum atomic E-state index is -0.371. The number of pyridine rings is 1. The first-order chi connectivity index (χ1) is 14.3. The van der Waals surface area contributed by atoms with Gasteiger partial charge in [-0.2, -0.15) is 0 Å². The second-order valence-electron chi connectivity index (χ2n) is 8.39. The van der Waals surface area contributed by atoms with Gasteiger partial charge in [0.05, 0.1) is 6.54 Å². The van der Waals surface area contributed by atoms with Crippen LogP contribution in [-0.4, -0.2) is 59.9 Å². The van der Waals surface area contributed by atoms with E-state index in [2.05, 4.69) is 5.32 Å². The molecule has 0 spiro atoms. The fourth-order valence-electron chi connectivity index (χ4n) is 4.46. The normalized spacial score (nSPS) is 20.1. The fourth-order valence-corrected chi connectivity index (χ4v) is 4.46. The van der Waals surface area contributed by atoms with Crippen LogP contribution in [0.25, 0.3) is 0 Å². The van der Waals surface area contributed by atoms with Crippen molar-refractivity contribution in [3.8, 4) is 0 Å². The number of benzene rings is 1. The summed E-state index contributed by atoms with van der Waals surface area (Å²) in [4.78, 5) is 41.4. The predicted octanol–water partition coefficient (Wildman–Crippen LogP) is 1.75. The van der Waals surface area contributed by atoms with E-state index in [4.69, 9.17) is 0 Å². The number of anilines is 1. The van der Waals surface area contributed by atoms with Crippen LogP contribution < -0.4 is 10.9 Å². The molecule has 2 aliphatic rings. The number of amides is 2. The highest BCUT2D eigenvalue weighted by Crippen LogP contribution is 2.36. The molecule has 2 aliphatic heterocycles. The summed E-state index contributed by atoms with van der Waals surface area (Å²) in [5.74, 6) is -0.506. The van der Waals surface area contributed by atoms with Crippen molar-refractivity contribution in [3.05, 3.63) is 63.8 Å². The molecule has 1 aromatic carbocycles. The number of hydrogen-bond acceptors (Lipinski definition) is 4. The van der Waals surface area contributed by atoms with E-state index in [1.54, 1.807) is 34.5 Å². The van der Waals surface area contributed by atoms with E-state index >= 15 is 0 Å². The molecule has 8 heteroatoms. The van der Waals surface area contributed by atoms with E-state index in [0.29, 0.717) is 25.2 Å². The molecule has 1 fully saturated rings. The fraction of sp³-hybridized carbons (Fsp3) is 0.409. The lowest BCUT2D eigenvalue weighted by atomic mass is 9.83. The Morgan fingerprint density at radius 1 is 1.10 bits per heavy atom. The topological polar surface area (TPSA) is 74.7 Å². The Labute approximate surface area is 174 Å². The zero-order chi connectivity index (χ0) is 21.4. The molecule has 4 rings (SSSR count). The summed E-state index contributed by atoms with van der Waals surface area (Å²) in [7, 11) is 3.58. The number of halogens is 1. The molecule has 7 nitrogen and oxygen atoms in total. The lowest BCUT2D eigenvalue weighted by Gasteiger charge is -2.43. The van der Waals surface area contributed by atoms with Crippen LogP contribution in [-0.2, 0) is 11.3 Å². The summed E-state index contributed by atoms with van der Waals surface area (Å²) < 4.78 is 14.9. The molecule has 0 unspecified atom stereocenters. The predicted molar refractivity (Wildman–Crippen MR) is 111 cm³/mol. The highest BCUT2D eigenvalue weighted by Gasteiger charge is 2.37. The molecule has 30 heavy (non-hydrogen) atoms. The number of hydrogen-bond donors (Lipinski definition) is 1. The maximum atomic E-state index is 13.2. The summed E-state index contributed by atoms with van der Waals surface area (Å²) in [5.41, 5.74) is 1.43. The lowest BCUT2D eigenvalue weighted by Crippen LogP contribution is -2.49. The van der Waals surface area contributed by atoms with Crippen LogP contribution in [0, 0.1) is 11.7 Å². The second kappa shape index (κ2) is 8.02. The zero-order valence-corrected chi connectivity index (χ0v) is 17.1. The summed E-state index contributed by atoms with van der Waals surface area (Å²) >= 11 is 0. The Morgan fingerprint density at radius 2 is 1.83 bits per heavy atom. The van der Waals surface area contributed by atoms with Gasteiger partial charge in [-0.05, 0) is 62.8 Å². The number of carbonyl (C=O) groups excluding carboxylic acids is 2. The molecule has 1 saturated heterocycles. The van der Waals surface area contributed by atoms with Gasteiger partial charge in [0.15, 0.2) is 0 Å². The maximum Gasteiger partial charge on any atom is 0.274 e. The second-order valence-corrected chi connectivity index (χ2v) is 8.39. The van der Waals surface area contributed by atoms with E-state index in [-0.39, 0.29) is 47.3 Å². The number of nitrogens with zero attached hydrogens (tertiary/aromatic N) is 3. The van der Waals surface area contributed by atoms with Crippen LogP contribution in [0.3, 0.4) is 0 Å². The first-order valence-electron chi connectivity index (χ1n) is 10.0. The number of piperidine rings is 1. The van der Waals surface area contributed by atoms with Gasteiger partial charge >= 0.3 is 0 Å². The molecule has 0 saturated carbocycles. The molecule has 1 aromatic heterocycles. The van der Waals surface area contributed by atoms with E-state index in [1.165, 1.54) is 24.3 Å². The molecule has 2 atom stereocenters. The Morgan fingerprint density at radius 3 is 2.53 bits per heavy atom. The summed E-state index contributed by atoms with van der Waals surface area (Å²) in [6.07, 6.45) is 0.916. The van der Waals surface area contributed by atoms with Crippen molar-refractivity contribution in [2.24, 2.45) is 5.92 Å². The highest BCUT2D eigenvalue weighted by molar-refractivity contribution is 5.94. The molecule has 0 aliphatic carbocycles. The molecule has 158 valence electrons. The Bertz CT molecular complexity index is 1030. The SMILES string of the molecule is CN(C)CC(=O)Nc1ccc2n(c1=O)C[C@H]1C[C@@H]2CN(C(=O)c2ccc(F)cc2)C1. The van der Waals surface area contributed by atoms with E-state index in [1.807, 2.05) is 6.07 Å². The van der Waals surface area contributed by atoms with Crippen LogP contribution in [0.2, 0.25) is 0 Å².